The van der Waals surface area contributed by atoms with Crippen LogP contribution in [0.4, 0.5) is 10.1 Å². The van der Waals surface area contributed by atoms with Crippen molar-refractivity contribution < 1.29 is 23.5 Å². The van der Waals surface area contributed by atoms with Crippen molar-refractivity contribution in [3.8, 4) is 11.5 Å². The van der Waals surface area contributed by atoms with Crippen molar-refractivity contribution in [3.63, 3.8) is 0 Å². The maximum Gasteiger partial charge on any atom is 0.274 e. The van der Waals surface area contributed by atoms with Crippen molar-refractivity contribution in [2.24, 2.45) is 5.10 Å². The number of benzene rings is 2. The molecule has 2 aromatic carbocycles. The quantitative estimate of drug-likeness (QED) is 0.226. The van der Waals surface area contributed by atoms with E-state index in [2.05, 4.69) is 36.8 Å². The van der Waals surface area contributed by atoms with Crippen LogP contribution >= 0.6 is 27.5 Å². The number of nitrogens with one attached hydrogen (secondary N) is 2. The van der Waals surface area contributed by atoms with E-state index in [0.717, 1.165) is 0 Å². The van der Waals surface area contributed by atoms with Crippen LogP contribution in [0.3, 0.4) is 0 Å². The predicted octanol–water partition coefficient (Wildman–Crippen LogP) is 4.82. The van der Waals surface area contributed by atoms with Crippen LogP contribution in [0.25, 0.3) is 0 Å². The zero-order valence-electron chi connectivity index (χ0n) is 17.8. The number of carbonyl (C=O) groups is 2. The van der Waals surface area contributed by atoms with Gasteiger partial charge in [-0.25, -0.2) is 14.8 Å². The van der Waals surface area contributed by atoms with Crippen molar-refractivity contribution in [3.05, 3.63) is 81.3 Å². The minimum Gasteiger partial charge on any atom is -0.490 e. The number of amides is 2. The summed E-state index contributed by atoms with van der Waals surface area (Å²) in [6.07, 6.45) is 2.89. The van der Waals surface area contributed by atoms with Gasteiger partial charge in [-0.15, -0.1) is 0 Å². The van der Waals surface area contributed by atoms with Crippen molar-refractivity contribution in [2.45, 2.75) is 6.92 Å². The van der Waals surface area contributed by atoms with Crippen LogP contribution in [0.5, 0.6) is 11.5 Å². The minimum absolute atomic E-state index is 0.0709. The van der Waals surface area contributed by atoms with Crippen molar-refractivity contribution in [2.75, 3.05) is 18.5 Å². The van der Waals surface area contributed by atoms with E-state index in [0.29, 0.717) is 33.8 Å². The molecule has 0 radical (unpaired) electrons. The Kier molecular flexibility index (Phi) is 8.94. The summed E-state index contributed by atoms with van der Waals surface area (Å²) < 4.78 is 24.8. The van der Waals surface area contributed by atoms with Gasteiger partial charge in [-0.2, -0.15) is 5.10 Å². The van der Waals surface area contributed by atoms with E-state index in [1.807, 2.05) is 0 Å². The molecule has 0 fully saturated rings. The van der Waals surface area contributed by atoms with E-state index in [4.69, 9.17) is 21.1 Å². The molecule has 1 heterocycles. The van der Waals surface area contributed by atoms with E-state index >= 15 is 0 Å². The van der Waals surface area contributed by atoms with Gasteiger partial charge < -0.3 is 14.8 Å². The van der Waals surface area contributed by atoms with Crippen molar-refractivity contribution in [1.82, 2.24) is 10.4 Å². The smallest absolute Gasteiger partial charge is 0.274 e. The molecule has 176 valence electrons. The molecule has 0 saturated carbocycles. The second-order valence-electron chi connectivity index (χ2n) is 6.65. The maximum atomic E-state index is 13.0. The van der Waals surface area contributed by atoms with Gasteiger partial charge in [0.15, 0.2) is 18.1 Å². The monoisotopic (exact) mass is 548 g/mol. The number of hydrogen-bond acceptors (Lipinski definition) is 6. The molecule has 0 spiro atoms. The van der Waals surface area contributed by atoms with Gasteiger partial charge >= 0.3 is 0 Å². The first-order valence-corrected chi connectivity index (χ1v) is 11.1. The lowest BCUT2D eigenvalue weighted by Crippen LogP contribution is -2.20. The second-order valence-corrected chi connectivity index (χ2v) is 7.86. The third-order valence-electron chi connectivity index (χ3n) is 4.19. The lowest BCUT2D eigenvalue weighted by atomic mass is 10.2. The average Bonchev–Trinajstić information content (AvgIpc) is 2.80. The number of halogens is 3. The first kappa shape index (κ1) is 25.1. The van der Waals surface area contributed by atoms with Gasteiger partial charge in [-0.3, -0.25) is 9.59 Å². The zero-order chi connectivity index (χ0) is 24.5. The number of hydrazone groups is 1. The zero-order valence-corrected chi connectivity index (χ0v) is 20.2. The number of anilines is 1. The van der Waals surface area contributed by atoms with Crippen LogP contribution < -0.4 is 20.2 Å². The Morgan fingerprint density at radius 1 is 1.21 bits per heavy atom. The fraction of sp³-hybridized carbons (Fsp3) is 0.130. The maximum absolute atomic E-state index is 13.0. The molecule has 2 amide bonds. The van der Waals surface area contributed by atoms with Crippen LogP contribution in [0.2, 0.25) is 5.15 Å². The molecule has 11 heteroatoms. The molecular formula is C23H19BrClFN4O4. The molecule has 3 aromatic rings. The fourth-order valence-corrected chi connectivity index (χ4v) is 3.49. The minimum atomic E-state index is -0.509. The molecule has 0 saturated heterocycles. The molecule has 2 N–H and O–H groups in total. The summed E-state index contributed by atoms with van der Waals surface area (Å²) in [7, 11) is 0. The number of carbonyl (C=O) groups excluding carboxylic acids is 2. The Bertz CT molecular complexity index is 1210. The summed E-state index contributed by atoms with van der Waals surface area (Å²) in [6.45, 7) is 1.85. The number of rotatable bonds is 9. The van der Waals surface area contributed by atoms with Crippen LogP contribution in [0, 0.1) is 5.82 Å². The summed E-state index contributed by atoms with van der Waals surface area (Å²) in [5.74, 6) is -0.647. The van der Waals surface area contributed by atoms with Crippen LogP contribution in [0.15, 0.2) is 64.3 Å². The summed E-state index contributed by atoms with van der Waals surface area (Å²) >= 11 is 9.32. The lowest BCUT2D eigenvalue weighted by Gasteiger charge is -2.14. The molecule has 1 aromatic heterocycles. The summed E-state index contributed by atoms with van der Waals surface area (Å²) in [5, 5.41) is 6.63. The first-order chi connectivity index (χ1) is 16.4. The summed E-state index contributed by atoms with van der Waals surface area (Å²) in [5.41, 5.74) is 3.62. The molecule has 0 aliphatic carbocycles. The van der Waals surface area contributed by atoms with E-state index in [9.17, 15) is 14.0 Å². The Balaban J connectivity index is 1.66. The standard InChI is InChI=1S/C23H19BrClFN4O4/c1-2-33-19-11-14(12-28-30-23(32)17-4-3-9-27-22(17)25)10-18(24)21(19)34-13-20(31)29-16-7-5-15(26)6-8-16/h3-12H,2,13H2,1H3,(H,29,31)(H,30,32). The Hall–Kier alpha value is -3.50. The Morgan fingerprint density at radius 3 is 2.68 bits per heavy atom. The number of ether oxygens (including phenoxy) is 2. The van der Waals surface area contributed by atoms with Gasteiger partial charge in [-0.1, -0.05) is 11.6 Å². The molecule has 0 aliphatic heterocycles. The highest BCUT2D eigenvalue weighted by Crippen LogP contribution is 2.36. The van der Waals surface area contributed by atoms with E-state index < -0.39 is 17.6 Å². The molecule has 0 bridgehead atoms. The molecule has 3 rings (SSSR count). The van der Waals surface area contributed by atoms with Gasteiger partial charge in [0.25, 0.3) is 11.8 Å². The molecular weight excluding hydrogens is 531 g/mol. The van der Waals surface area contributed by atoms with Gasteiger partial charge in [0, 0.05) is 11.9 Å². The predicted molar refractivity (Wildman–Crippen MR) is 130 cm³/mol. The summed E-state index contributed by atoms with van der Waals surface area (Å²) in [6, 6.07) is 11.8. The van der Waals surface area contributed by atoms with Crippen LogP contribution in [0.1, 0.15) is 22.8 Å². The summed E-state index contributed by atoms with van der Waals surface area (Å²) in [4.78, 5) is 28.2. The Labute approximate surface area is 208 Å². The average molecular weight is 550 g/mol. The van der Waals surface area contributed by atoms with E-state index in [1.54, 1.807) is 25.1 Å². The molecule has 0 unspecified atom stereocenters. The lowest BCUT2D eigenvalue weighted by molar-refractivity contribution is -0.118. The molecule has 0 aliphatic rings. The van der Waals surface area contributed by atoms with E-state index in [-0.39, 0.29) is 17.3 Å². The third-order valence-corrected chi connectivity index (χ3v) is 5.08. The van der Waals surface area contributed by atoms with Gasteiger partial charge in [0.05, 0.1) is 22.9 Å². The SMILES string of the molecule is CCOc1cc(C=NNC(=O)c2cccnc2Cl)cc(Br)c1OCC(=O)Nc1ccc(F)cc1. The van der Waals surface area contributed by atoms with E-state index in [1.165, 1.54) is 42.7 Å². The Morgan fingerprint density at radius 2 is 1.97 bits per heavy atom. The largest absolute Gasteiger partial charge is 0.490 e. The van der Waals surface area contributed by atoms with Crippen LogP contribution in [-0.4, -0.2) is 36.2 Å². The highest BCUT2D eigenvalue weighted by molar-refractivity contribution is 9.10. The van der Waals surface area contributed by atoms with Gasteiger partial charge in [0.2, 0.25) is 0 Å². The fourth-order valence-electron chi connectivity index (χ4n) is 2.71. The molecule has 8 nitrogen and oxygen atoms in total. The second kappa shape index (κ2) is 12.1. The van der Waals surface area contributed by atoms with Crippen LogP contribution in [-0.2, 0) is 4.79 Å². The van der Waals surface area contributed by atoms with Crippen molar-refractivity contribution >= 4 is 51.2 Å². The third kappa shape index (κ3) is 7.00. The highest BCUT2D eigenvalue weighted by atomic mass is 79.9. The number of hydrogen-bond donors (Lipinski definition) is 2. The normalized spacial score (nSPS) is 10.7. The highest BCUT2D eigenvalue weighted by Gasteiger charge is 2.14. The molecule has 0 atom stereocenters. The number of aromatic nitrogens is 1. The van der Waals surface area contributed by atoms with Crippen molar-refractivity contribution in [1.29, 1.82) is 0 Å². The number of pyridine rings is 1. The number of nitrogens with zero attached hydrogens (tertiary/aromatic N) is 2. The van der Waals surface area contributed by atoms with Gasteiger partial charge in [-0.05, 0) is 76.9 Å². The topological polar surface area (TPSA) is 102 Å². The van der Waals surface area contributed by atoms with Gasteiger partial charge in [0.1, 0.15) is 11.0 Å². The molecule has 34 heavy (non-hydrogen) atoms. The first-order valence-electron chi connectivity index (χ1n) is 9.96.